The van der Waals surface area contributed by atoms with Crippen molar-refractivity contribution < 1.29 is 18.6 Å². The molecular formula is C31H34F2N4O2. The van der Waals surface area contributed by atoms with Crippen molar-refractivity contribution in [3.8, 4) is 17.3 Å². The molecule has 2 aliphatic carbocycles. The molecule has 0 saturated heterocycles. The third-order valence-electron chi connectivity index (χ3n) is 8.26. The minimum absolute atomic E-state index is 0.0377. The summed E-state index contributed by atoms with van der Waals surface area (Å²) in [7, 11) is 4.08. The van der Waals surface area contributed by atoms with Gasteiger partial charge in [-0.05, 0) is 71.0 Å². The van der Waals surface area contributed by atoms with E-state index in [0.717, 1.165) is 32.2 Å². The maximum absolute atomic E-state index is 16.4. The Kier molecular flexibility index (Phi) is 6.50. The van der Waals surface area contributed by atoms with Crippen LogP contribution in [-0.4, -0.2) is 57.8 Å². The number of aromatic nitrogens is 3. The Labute approximate surface area is 227 Å². The van der Waals surface area contributed by atoms with Gasteiger partial charge in [-0.25, -0.2) is 8.78 Å². The van der Waals surface area contributed by atoms with Crippen LogP contribution in [0.15, 0.2) is 42.6 Å². The fourth-order valence-corrected chi connectivity index (χ4v) is 6.22. The van der Waals surface area contributed by atoms with Gasteiger partial charge in [-0.2, -0.15) is 9.97 Å². The zero-order chi connectivity index (χ0) is 27.4. The molecule has 0 amide bonds. The van der Waals surface area contributed by atoms with Crippen molar-refractivity contribution in [1.29, 1.82) is 0 Å². The van der Waals surface area contributed by atoms with Gasteiger partial charge in [-0.15, -0.1) is 0 Å². The van der Waals surface area contributed by atoms with Gasteiger partial charge in [0.1, 0.15) is 17.0 Å². The third-order valence-corrected chi connectivity index (χ3v) is 8.26. The van der Waals surface area contributed by atoms with Crippen LogP contribution in [0.25, 0.3) is 32.9 Å². The fraction of sp³-hybridized carbons (Fsp3) is 0.452. The number of nitrogens with zero attached hydrogens (tertiary/aromatic N) is 4. The molecule has 2 heterocycles. The Hall–Kier alpha value is -3.23. The second kappa shape index (κ2) is 9.75. The summed E-state index contributed by atoms with van der Waals surface area (Å²) in [6.07, 6.45) is 6.61. The lowest BCUT2D eigenvalue weighted by Crippen LogP contribution is -2.31. The largest absolute Gasteiger partial charge is 0.463 e. The molecule has 0 spiro atoms. The van der Waals surface area contributed by atoms with E-state index in [4.69, 9.17) is 9.72 Å². The summed E-state index contributed by atoms with van der Waals surface area (Å²) in [5.74, 6) is -1.15. The molecule has 2 aromatic heterocycles. The molecule has 2 saturated carbocycles. The van der Waals surface area contributed by atoms with Crippen LogP contribution in [-0.2, 0) is 0 Å². The number of hydrogen-bond donors (Lipinski definition) is 1. The van der Waals surface area contributed by atoms with Gasteiger partial charge in [0.2, 0.25) is 0 Å². The Morgan fingerprint density at radius 3 is 2.56 bits per heavy atom. The zero-order valence-electron chi connectivity index (χ0n) is 22.7. The summed E-state index contributed by atoms with van der Waals surface area (Å²) >= 11 is 0. The summed E-state index contributed by atoms with van der Waals surface area (Å²) in [5, 5.41) is 12.3. The SMILES string of the molecule is CN(C)CC1(COc2nc(C3CCCC(C)(O)C3)c3cnc(-c4cccc5cccc(F)c45)c(F)c3n2)CC1. The number of fused-ring (bicyclic) bond motifs is 2. The maximum atomic E-state index is 16.4. The maximum Gasteiger partial charge on any atom is 0.317 e. The van der Waals surface area contributed by atoms with E-state index in [-0.39, 0.29) is 28.6 Å². The van der Waals surface area contributed by atoms with Crippen LogP contribution >= 0.6 is 0 Å². The van der Waals surface area contributed by atoms with Crippen LogP contribution in [0.2, 0.25) is 0 Å². The fourth-order valence-electron chi connectivity index (χ4n) is 6.22. The van der Waals surface area contributed by atoms with Crippen LogP contribution in [0, 0.1) is 17.0 Å². The third kappa shape index (κ3) is 5.08. The zero-order valence-corrected chi connectivity index (χ0v) is 22.7. The normalized spacial score (nSPS) is 22.5. The van der Waals surface area contributed by atoms with Gasteiger partial charge in [0, 0.05) is 40.4 Å². The Balaban J connectivity index is 1.48. The summed E-state index contributed by atoms with van der Waals surface area (Å²) < 4.78 is 37.4. The first kappa shape index (κ1) is 26.0. The Bertz CT molecular complexity index is 1550. The summed E-state index contributed by atoms with van der Waals surface area (Å²) in [4.78, 5) is 16.0. The van der Waals surface area contributed by atoms with Crippen molar-refractivity contribution in [1.82, 2.24) is 19.9 Å². The molecule has 2 aliphatic rings. The molecule has 2 unspecified atom stereocenters. The highest BCUT2D eigenvalue weighted by Crippen LogP contribution is 2.46. The van der Waals surface area contributed by atoms with Crippen molar-refractivity contribution in [3.05, 3.63) is 59.9 Å². The molecule has 0 aliphatic heterocycles. The van der Waals surface area contributed by atoms with Gasteiger partial charge in [-0.1, -0.05) is 30.3 Å². The number of aliphatic hydroxyl groups is 1. The van der Waals surface area contributed by atoms with Gasteiger partial charge in [-0.3, -0.25) is 4.98 Å². The van der Waals surface area contributed by atoms with Crippen LogP contribution in [0.1, 0.15) is 57.1 Å². The molecule has 8 heteroatoms. The number of benzene rings is 2. The number of hydrogen-bond acceptors (Lipinski definition) is 6. The van der Waals surface area contributed by atoms with E-state index in [1.807, 2.05) is 21.0 Å². The van der Waals surface area contributed by atoms with Gasteiger partial charge >= 0.3 is 6.01 Å². The first-order chi connectivity index (χ1) is 18.6. The van der Waals surface area contributed by atoms with E-state index in [1.165, 1.54) is 6.07 Å². The van der Waals surface area contributed by atoms with Crippen LogP contribution < -0.4 is 4.74 Å². The summed E-state index contributed by atoms with van der Waals surface area (Å²) in [6.45, 7) is 3.19. The topological polar surface area (TPSA) is 71.4 Å². The van der Waals surface area contributed by atoms with Crippen molar-refractivity contribution in [3.63, 3.8) is 0 Å². The highest BCUT2D eigenvalue weighted by Gasteiger charge is 2.44. The van der Waals surface area contributed by atoms with E-state index < -0.39 is 17.2 Å². The van der Waals surface area contributed by atoms with E-state index in [1.54, 1.807) is 36.5 Å². The molecule has 6 rings (SSSR count). The van der Waals surface area contributed by atoms with Crippen molar-refractivity contribution in [2.24, 2.45) is 5.41 Å². The molecule has 2 atom stereocenters. The molecule has 6 nitrogen and oxygen atoms in total. The first-order valence-corrected chi connectivity index (χ1v) is 13.7. The monoisotopic (exact) mass is 532 g/mol. The minimum Gasteiger partial charge on any atom is -0.463 e. The second-order valence-electron chi connectivity index (χ2n) is 12.0. The van der Waals surface area contributed by atoms with Crippen LogP contribution in [0.3, 0.4) is 0 Å². The average Bonchev–Trinajstić information content (AvgIpc) is 3.65. The second-order valence-corrected chi connectivity index (χ2v) is 12.0. The van der Waals surface area contributed by atoms with Gasteiger partial charge in [0.05, 0.1) is 17.9 Å². The van der Waals surface area contributed by atoms with Gasteiger partial charge < -0.3 is 14.7 Å². The molecule has 0 bridgehead atoms. The molecule has 0 radical (unpaired) electrons. The van der Waals surface area contributed by atoms with Crippen molar-refractivity contribution in [2.75, 3.05) is 27.2 Å². The Morgan fingerprint density at radius 2 is 1.85 bits per heavy atom. The number of ether oxygens (including phenoxy) is 1. The standard InChI is InChI=1S/C31H34F2N4O2/c1-30(38)12-6-9-20(15-30)26-22-16-34-27(21-10-4-7-19-8-5-11-23(32)24(19)21)25(33)28(22)36-29(35-26)39-18-31(13-14-31)17-37(2)3/h4-5,7-8,10-11,16,20,38H,6,9,12-15,17-18H2,1-3H3. The van der Waals surface area contributed by atoms with Crippen molar-refractivity contribution >= 4 is 21.7 Å². The molecule has 4 aromatic rings. The molecule has 204 valence electrons. The Morgan fingerprint density at radius 1 is 1.08 bits per heavy atom. The number of rotatable bonds is 7. The number of pyridine rings is 1. The average molecular weight is 533 g/mol. The lowest BCUT2D eigenvalue weighted by atomic mass is 9.77. The van der Waals surface area contributed by atoms with E-state index in [9.17, 15) is 9.50 Å². The quantitative estimate of drug-likeness (QED) is 0.303. The van der Waals surface area contributed by atoms with Crippen LogP contribution in [0.4, 0.5) is 8.78 Å². The van der Waals surface area contributed by atoms with E-state index in [2.05, 4.69) is 14.9 Å². The highest BCUT2D eigenvalue weighted by atomic mass is 19.1. The smallest absolute Gasteiger partial charge is 0.317 e. The summed E-state index contributed by atoms with van der Waals surface area (Å²) in [5.41, 5.74) is 0.397. The lowest BCUT2D eigenvalue weighted by molar-refractivity contribution is 0.0140. The summed E-state index contributed by atoms with van der Waals surface area (Å²) in [6, 6.07) is 10.2. The predicted molar refractivity (Wildman–Crippen MR) is 148 cm³/mol. The van der Waals surface area contributed by atoms with Gasteiger partial charge in [0.25, 0.3) is 0 Å². The predicted octanol–water partition coefficient (Wildman–Crippen LogP) is 6.25. The minimum atomic E-state index is -0.822. The van der Waals surface area contributed by atoms with Gasteiger partial charge in [0.15, 0.2) is 5.82 Å². The molecule has 39 heavy (non-hydrogen) atoms. The first-order valence-electron chi connectivity index (χ1n) is 13.7. The lowest BCUT2D eigenvalue weighted by Gasteiger charge is -2.34. The van der Waals surface area contributed by atoms with E-state index >= 15 is 4.39 Å². The van der Waals surface area contributed by atoms with Crippen LogP contribution in [0.5, 0.6) is 6.01 Å². The highest BCUT2D eigenvalue weighted by molar-refractivity contribution is 5.98. The number of halogens is 2. The molecule has 2 aromatic carbocycles. The van der Waals surface area contributed by atoms with Crippen molar-refractivity contribution in [2.45, 2.75) is 57.0 Å². The molecule has 1 N–H and O–H groups in total. The van der Waals surface area contributed by atoms with E-state index in [0.29, 0.717) is 46.9 Å². The molecular weight excluding hydrogens is 498 g/mol. The molecule has 2 fully saturated rings.